The van der Waals surface area contributed by atoms with Crippen LogP contribution in [0, 0.1) is 12.8 Å². The van der Waals surface area contributed by atoms with Crippen molar-refractivity contribution in [3.63, 3.8) is 0 Å². The van der Waals surface area contributed by atoms with Crippen molar-refractivity contribution in [2.24, 2.45) is 5.92 Å². The summed E-state index contributed by atoms with van der Waals surface area (Å²) in [6.07, 6.45) is -4.22. The lowest BCUT2D eigenvalue weighted by atomic mass is 9.90. The number of hydrogen-bond acceptors (Lipinski definition) is 4. The molecule has 1 aliphatic rings. The van der Waals surface area contributed by atoms with Gasteiger partial charge in [-0.25, -0.2) is 0 Å². The van der Waals surface area contributed by atoms with E-state index in [9.17, 15) is 22.8 Å². The molecule has 0 aromatic heterocycles. The number of ether oxygens (including phenoxy) is 2. The third-order valence-electron chi connectivity index (χ3n) is 4.87. The van der Waals surface area contributed by atoms with Crippen LogP contribution in [0.5, 0.6) is 5.75 Å². The predicted molar refractivity (Wildman–Crippen MR) is 100 cm³/mol. The van der Waals surface area contributed by atoms with Gasteiger partial charge in [0, 0.05) is 33.2 Å². The molecular formula is C20H27F3N2O4. The van der Waals surface area contributed by atoms with Crippen LogP contribution in [-0.4, -0.2) is 62.3 Å². The maximum Gasteiger partial charge on any atom is 0.393 e. The third-order valence-corrected chi connectivity index (χ3v) is 4.87. The second-order valence-electron chi connectivity index (χ2n) is 7.15. The Kier molecular flexibility index (Phi) is 8.31. The summed E-state index contributed by atoms with van der Waals surface area (Å²) in [6.45, 7) is 1.77. The monoisotopic (exact) mass is 416 g/mol. The van der Waals surface area contributed by atoms with Crippen LogP contribution in [0.1, 0.15) is 24.8 Å². The van der Waals surface area contributed by atoms with Gasteiger partial charge in [0.25, 0.3) is 5.91 Å². The summed E-state index contributed by atoms with van der Waals surface area (Å²) < 4.78 is 50.4. The molecule has 1 saturated heterocycles. The number of amides is 2. The molecule has 9 heteroatoms. The topological polar surface area (TPSA) is 67.9 Å². The number of hydrogen-bond donors (Lipinski definition) is 1. The van der Waals surface area contributed by atoms with Crippen molar-refractivity contribution in [1.29, 1.82) is 0 Å². The number of piperidine rings is 1. The highest BCUT2D eigenvalue weighted by atomic mass is 19.4. The number of halogens is 3. The molecule has 1 aromatic carbocycles. The summed E-state index contributed by atoms with van der Waals surface area (Å²) in [5.74, 6) is -2.07. The minimum absolute atomic E-state index is 0.0314. The average Bonchev–Trinajstić information content (AvgIpc) is 2.66. The Bertz CT molecular complexity index is 679. The first-order chi connectivity index (χ1) is 13.7. The van der Waals surface area contributed by atoms with Gasteiger partial charge in [0.15, 0.2) is 6.61 Å². The van der Waals surface area contributed by atoms with Crippen molar-refractivity contribution < 1.29 is 32.2 Å². The van der Waals surface area contributed by atoms with Crippen molar-refractivity contribution in [3.8, 4) is 5.75 Å². The van der Waals surface area contributed by atoms with E-state index >= 15 is 0 Å². The highest BCUT2D eigenvalue weighted by molar-refractivity contribution is 5.79. The van der Waals surface area contributed by atoms with Crippen molar-refractivity contribution in [2.75, 3.05) is 33.4 Å². The van der Waals surface area contributed by atoms with E-state index in [1.807, 2.05) is 19.1 Å². The molecule has 0 spiro atoms. The third kappa shape index (κ3) is 7.23. The Morgan fingerprint density at radius 1 is 1.24 bits per heavy atom. The lowest BCUT2D eigenvalue weighted by molar-refractivity contribution is -0.194. The van der Waals surface area contributed by atoms with Crippen LogP contribution in [0.15, 0.2) is 24.3 Å². The van der Waals surface area contributed by atoms with E-state index in [0.29, 0.717) is 18.8 Å². The minimum atomic E-state index is -4.45. The van der Waals surface area contributed by atoms with Gasteiger partial charge >= 0.3 is 6.18 Å². The summed E-state index contributed by atoms with van der Waals surface area (Å²) in [5, 5.41) is 2.45. The predicted octanol–water partition coefficient (Wildman–Crippen LogP) is 2.70. The standard InChI is InChI=1S/C20H27F3N2O4/c1-14-5-7-15(8-6-14)29-13-19(27)25-10-9-16(20(21,22)23)17(12-25)24-18(26)4-3-11-28-2/h5-8,16-17H,3-4,9-13H2,1-2H3,(H,24,26). The Morgan fingerprint density at radius 2 is 1.93 bits per heavy atom. The van der Waals surface area contributed by atoms with Crippen LogP contribution < -0.4 is 10.1 Å². The van der Waals surface area contributed by atoms with Gasteiger partial charge in [-0.1, -0.05) is 17.7 Å². The van der Waals surface area contributed by atoms with Gasteiger partial charge in [-0.3, -0.25) is 9.59 Å². The molecule has 1 aliphatic heterocycles. The van der Waals surface area contributed by atoms with Crippen LogP contribution in [-0.2, 0) is 14.3 Å². The van der Waals surface area contributed by atoms with Gasteiger partial charge < -0.3 is 19.7 Å². The molecule has 1 fully saturated rings. The van der Waals surface area contributed by atoms with Gasteiger partial charge in [0.1, 0.15) is 5.75 Å². The molecule has 0 aliphatic carbocycles. The quantitative estimate of drug-likeness (QED) is 0.662. The van der Waals surface area contributed by atoms with E-state index in [0.717, 1.165) is 5.56 Å². The van der Waals surface area contributed by atoms with Gasteiger partial charge in [-0.15, -0.1) is 0 Å². The molecule has 2 unspecified atom stereocenters. The van der Waals surface area contributed by atoms with Crippen molar-refractivity contribution in [3.05, 3.63) is 29.8 Å². The fourth-order valence-electron chi connectivity index (χ4n) is 3.24. The summed E-state index contributed by atoms with van der Waals surface area (Å²) in [6, 6.07) is 5.94. The van der Waals surface area contributed by atoms with E-state index in [1.54, 1.807) is 12.1 Å². The molecule has 1 heterocycles. The number of nitrogens with zero attached hydrogens (tertiary/aromatic N) is 1. The van der Waals surface area contributed by atoms with Crippen LogP contribution in [0.3, 0.4) is 0 Å². The fraction of sp³-hybridized carbons (Fsp3) is 0.600. The van der Waals surface area contributed by atoms with Crippen LogP contribution in [0.25, 0.3) is 0 Å². The highest BCUT2D eigenvalue weighted by Gasteiger charge is 2.48. The SMILES string of the molecule is COCCCC(=O)NC1CN(C(=O)COc2ccc(C)cc2)CCC1C(F)(F)F. The van der Waals surface area contributed by atoms with Gasteiger partial charge in [-0.05, 0) is 31.9 Å². The van der Waals surface area contributed by atoms with E-state index < -0.39 is 30.0 Å². The number of rotatable bonds is 8. The average molecular weight is 416 g/mol. The van der Waals surface area contributed by atoms with Crippen molar-refractivity contribution in [1.82, 2.24) is 10.2 Å². The molecule has 2 amide bonds. The lowest BCUT2D eigenvalue weighted by Gasteiger charge is -2.39. The number of methoxy groups -OCH3 is 1. The Hall–Kier alpha value is -2.29. The zero-order valence-electron chi connectivity index (χ0n) is 16.6. The van der Waals surface area contributed by atoms with Gasteiger partial charge in [0.05, 0.1) is 12.0 Å². The van der Waals surface area contributed by atoms with Crippen molar-refractivity contribution >= 4 is 11.8 Å². The zero-order valence-corrected chi connectivity index (χ0v) is 16.6. The largest absolute Gasteiger partial charge is 0.484 e. The maximum absolute atomic E-state index is 13.4. The molecule has 6 nitrogen and oxygen atoms in total. The molecule has 2 rings (SSSR count). The lowest BCUT2D eigenvalue weighted by Crippen LogP contribution is -2.58. The fourth-order valence-corrected chi connectivity index (χ4v) is 3.24. The summed E-state index contributed by atoms with van der Waals surface area (Å²) in [5.41, 5.74) is 1.04. The van der Waals surface area contributed by atoms with E-state index in [-0.39, 0.29) is 32.5 Å². The summed E-state index contributed by atoms with van der Waals surface area (Å²) >= 11 is 0. The van der Waals surface area contributed by atoms with Crippen LogP contribution in [0.2, 0.25) is 0 Å². The molecule has 2 atom stereocenters. The molecule has 0 bridgehead atoms. The Labute approximate surface area is 168 Å². The molecule has 1 N–H and O–H groups in total. The summed E-state index contributed by atoms with van der Waals surface area (Å²) in [4.78, 5) is 25.8. The number of carbonyl (C=O) groups excluding carboxylic acids is 2. The Morgan fingerprint density at radius 3 is 2.55 bits per heavy atom. The van der Waals surface area contributed by atoms with Gasteiger partial charge in [0.2, 0.25) is 5.91 Å². The summed E-state index contributed by atoms with van der Waals surface area (Å²) in [7, 11) is 1.49. The first-order valence-electron chi connectivity index (χ1n) is 9.53. The normalized spacial score (nSPS) is 19.7. The first-order valence-corrected chi connectivity index (χ1v) is 9.53. The molecule has 29 heavy (non-hydrogen) atoms. The molecule has 0 radical (unpaired) electrons. The van der Waals surface area contributed by atoms with Crippen LogP contribution in [0.4, 0.5) is 13.2 Å². The second kappa shape index (κ2) is 10.5. The number of alkyl halides is 3. The second-order valence-corrected chi connectivity index (χ2v) is 7.15. The van der Waals surface area contributed by atoms with Crippen LogP contribution >= 0.6 is 0 Å². The number of nitrogens with one attached hydrogen (secondary N) is 1. The molecule has 1 aromatic rings. The molecule has 162 valence electrons. The smallest absolute Gasteiger partial charge is 0.393 e. The van der Waals surface area contributed by atoms with E-state index in [1.165, 1.54) is 12.0 Å². The van der Waals surface area contributed by atoms with Gasteiger partial charge in [-0.2, -0.15) is 13.2 Å². The number of aryl methyl sites for hydroxylation is 1. The number of carbonyl (C=O) groups is 2. The zero-order chi connectivity index (χ0) is 21.4. The highest BCUT2D eigenvalue weighted by Crippen LogP contribution is 2.34. The Balaban J connectivity index is 1.95. The van der Waals surface area contributed by atoms with E-state index in [2.05, 4.69) is 5.32 Å². The van der Waals surface area contributed by atoms with E-state index in [4.69, 9.17) is 9.47 Å². The molecular weight excluding hydrogens is 389 g/mol. The molecule has 0 saturated carbocycles. The minimum Gasteiger partial charge on any atom is -0.484 e. The number of benzene rings is 1. The maximum atomic E-state index is 13.4. The van der Waals surface area contributed by atoms with Crippen molar-refractivity contribution in [2.45, 2.75) is 38.4 Å². The first kappa shape index (κ1) is 23.0. The number of likely N-dealkylation sites (tertiary alicyclic amines) is 1.